The lowest BCUT2D eigenvalue weighted by Gasteiger charge is -2.19. The Kier molecular flexibility index (Phi) is 9.48. The number of aryl methyl sites for hydroxylation is 1. The number of nitrogens with zero attached hydrogens (tertiary/aromatic N) is 1. The van der Waals surface area contributed by atoms with Gasteiger partial charge in [0.15, 0.2) is 6.61 Å². The van der Waals surface area contributed by atoms with E-state index >= 15 is 0 Å². The Morgan fingerprint density at radius 3 is 2.36 bits per heavy atom. The summed E-state index contributed by atoms with van der Waals surface area (Å²) in [5, 5.41) is 2.79. The van der Waals surface area contributed by atoms with Crippen LogP contribution in [0.4, 0.5) is 5.69 Å². The van der Waals surface area contributed by atoms with E-state index in [-0.39, 0.29) is 30.8 Å². The minimum absolute atomic E-state index is 0. The van der Waals surface area contributed by atoms with Gasteiger partial charge in [0.2, 0.25) is 5.91 Å². The van der Waals surface area contributed by atoms with Crippen LogP contribution >= 0.6 is 12.4 Å². The highest BCUT2D eigenvalue weighted by atomic mass is 35.5. The summed E-state index contributed by atoms with van der Waals surface area (Å²) >= 11 is 0. The van der Waals surface area contributed by atoms with Gasteiger partial charge in [0.05, 0.1) is 0 Å². The molecule has 2 aromatic carbocycles. The van der Waals surface area contributed by atoms with Gasteiger partial charge in [0.25, 0.3) is 5.91 Å². The third-order valence-corrected chi connectivity index (χ3v) is 4.30. The highest BCUT2D eigenvalue weighted by Crippen LogP contribution is 2.19. The second-order valence-corrected chi connectivity index (χ2v) is 6.26. The van der Waals surface area contributed by atoms with Crippen LogP contribution in [0, 0.1) is 6.92 Å². The Labute approximate surface area is 172 Å². The molecular formula is C21H28ClN3O3. The van der Waals surface area contributed by atoms with Gasteiger partial charge in [-0.2, -0.15) is 0 Å². The molecule has 0 fully saturated rings. The maximum atomic E-state index is 12.4. The van der Waals surface area contributed by atoms with Gasteiger partial charge in [-0.1, -0.05) is 35.9 Å². The molecule has 7 heteroatoms. The molecule has 0 heterocycles. The van der Waals surface area contributed by atoms with Crippen molar-refractivity contribution in [1.82, 2.24) is 4.90 Å². The van der Waals surface area contributed by atoms with Crippen molar-refractivity contribution >= 4 is 29.9 Å². The third-order valence-electron chi connectivity index (χ3n) is 4.30. The van der Waals surface area contributed by atoms with Crippen molar-refractivity contribution in [1.29, 1.82) is 0 Å². The number of nitrogens with two attached hydrogens (primary N) is 1. The molecule has 0 radical (unpaired) electrons. The van der Waals surface area contributed by atoms with Gasteiger partial charge in [0.1, 0.15) is 11.8 Å². The molecule has 0 aliphatic rings. The zero-order valence-electron chi connectivity index (χ0n) is 16.5. The second kappa shape index (κ2) is 11.3. The average Bonchev–Trinajstić information content (AvgIpc) is 2.67. The maximum Gasteiger partial charge on any atom is 0.260 e. The smallest absolute Gasteiger partial charge is 0.260 e. The Morgan fingerprint density at radius 1 is 1.11 bits per heavy atom. The molecule has 1 atom stereocenters. The lowest BCUT2D eigenvalue weighted by atomic mass is 10.1. The van der Waals surface area contributed by atoms with Crippen LogP contribution in [0.3, 0.4) is 0 Å². The van der Waals surface area contributed by atoms with Crippen molar-refractivity contribution in [3.63, 3.8) is 0 Å². The summed E-state index contributed by atoms with van der Waals surface area (Å²) < 4.78 is 5.56. The highest BCUT2D eigenvalue weighted by molar-refractivity contribution is 5.95. The largest absolute Gasteiger partial charge is 0.484 e. The molecule has 0 saturated heterocycles. The first-order valence-electron chi connectivity index (χ1n) is 9.08. The fourth-order valence-corrected chi connectivity index (χ4v) is 2.62. The van der Waals surface area contributed by atoms with Crippen molar-refractivity contribution in [2.45, 2.75) is 26.8 Å². The van der Waals surface area contributed by atoms with E-state index < -0.39 is 6.04 Å². The fourth-order valence-electron chi connectivity index (χ4n) is 2.62. The summed E-state index contributed by atoms with van der Waals surface area (Å²) in [7, 11) is 0. The van der Waals surface area contributed by atoms with E-state index in [0.29, 0.717) is 24.5 Å². The van der Waals surface area contributed by atoms with Gasteiger partial charge in [0, 0.05) is 24.8 Å². The molecule has 28 heavy (non-hydrogen) atoms. The van der Waals surface area contributed by atoms with E-state index in [4.69, 9.17) is 10.5 Å². The number of benzene rings is 2. The van der Waals surface area contributed by atoms with Crippen molar-refractivity contribution in [3.05, 3.63) is 59.7 Å². The van der Waals surface area contributed by atoms with E-state index in [1.165, 1.54) is 0 Å². The second-order valence-electron chi connectivity index (χ2n) is 6.26. The molecule has 0 bridgehead atoms. The first-order chi connectivity index (χ1) is 12.9. The first kappa shape index (κ1) is 23.5. The molecule has 0 aliphatic heterocycles. The first-order valence-corrected chi connectivity index (χ1v) is 9.08. The quantitative estimate of drug-likeness (QED) is 0.705. The van der Waals surface area contributed by atoms with Crippen LogP contribution in [0.5, 0.6) is 5.75 Å². The molecule has 6 nitrogen and oxygen atoms in total. The zero-order valence-corrected chi connectivity index (χ0v) is 17.3. The number of amides is 2. The topological polar surface area (TPSA) is 84.7 Å². The van der Waals surface area contributed by atoms with Crippen molar-refractivity contribution < 1.29 is 14.3 Å². The summed E-state index contributed by atoms with van der Waals surface area (Å²) in [6.07, 6.45) is 0. The number of hydrogen-bond acceptors (Lipinski definition) is 4. The van der Waals surface area contributed by atoms with Gasteiger partial charge >= 0.3 is 0 Å². The van der Waals surface area contributed by atoms with Crippen LogP contribution in [0.2, 0.25) is 0 Å². The summed E-state index contributed by atoms with van der Waals surface area (Å²) in [5.74, 6) is 0.128. The molecule has 0 aliphatic carbocycles. The third kappa shape index (κ3) is 6.55. The van der Waals surface area contributed by atoms with Gasteiger partial charge < -0.3 is 20.7 Å². The van der Waals surface area contributed by atoms with Gasteiger partial charge in [-0.3, -0.25) is 9.59 Å². The predicted octanol–water partition coefficient (Wildman–Crippen LogP) is 3.30. The molecule has 2 amide bonds. The predicted molar refractivity (Wildman–Crippen MR) is 114 cm³/mol. The molecule has 2 rings (SSSR count). The SMILES string of the molecule is CCN(CC)C(=O)COc1cccc(NC(=O)C(N)c2ccc(C)cc2)c1.Cl. The summed E-state index contributed by atoms with van der Waals surface area (Å²) in [5.41, 5.74) is 8.46. The molecule has 0 saturated carbocycles. The summed E-state index contributed by atoms with van der Waals surface area (Å²) in [6.45, 7) is 7.08. The number of nitrogens with one attached hydrogen (secondary N) is 1. The van der Waals surface area contributed by atoms with Crippen LogP contribution in [-0.4, -0.2) is 36.4 Å². The van der Waals surface area contributed by atoms with Crippen molar-refractivity contribution in [2.24, 2.45) is 5.73 Å². The number of ether oxygens (including phenoxy) is 1. The molecule has 0 spiro atoms. The number of likely N-dealkylation sites (N-methyl/N-ethyl adjacent to an activating group) is 1. The Balaban J connectivity index is 0.00000392. The number of halogens is 1. The maximum absolute atomic E-state index is 12.4. The van der Waals surface area contributed by atoms with Crippen molar-refractivity contribution in [2.75, 3.05) is 25.0 Å². The van der Waals surface area contributed by atoms with Crippen LogP contribution in [0.15, 0.2) is 48.5 Å². The monoisotopic (exact) mass is 405 g/mol. The Morgan fingerprint density at radius 2 is 1.75 bits per heavy atom. The number of carbonyl (C=O) groups excluding carboxylic acids is 2. The zero-order chi connectivity index (χ0) is 19.8. The molecule has 1 unspecified atom stereocenters. The van der Waals surface area contributed by atoms with E-state index in [0.717, 1.165) is 11.1 Å². The molecule has 0 aromatic heterocycles. The number of carbonyl (C=O) groups is 2. The standard InChI is InChI=1S/C21H27N3O3.ClH/c1-4-24(5-2)19(25)14-27-18-8-6-7-17(13-18)23-21(26)20(22)16-11-9-15(3)10-12-16;/h6-13,20H,4-5,14,22H2,1-3H3,(H,23,26);1H. The molecular weight excluding hydrogens is 378 g/mol. The average molecular weight is 406 g/mol. The molecule has 3 N–H and O–H groups in total. The van der Waals surface area contributed by atoms with E-state index in [1.807, 2.05) is 45.0 Å². The van der Waals surface area contributed by atoms with Crippen LogP contribution in [0.1, 0.15) is 31.0 Å². The normalized spacial score (nSPS) is 11.1. The molecule has 152 valence electrons. The summed E-state index contributed by atoms with van der Waals surface area (Å²) in [4.78, 5) is 26.1. The minimum Gasteiger partial charge on any atom is -0.484 e. The lowest BCUT2D eigenvalue weighted by Crippen LogP contribution is -2.34. The van der Waals surface area contributed by atoms with E-state index in [9.17, 15) is 9.59 Å². The Bertz CT molecular complexity index is 777. The number of rotatable bonds is 8. The van der Waals surface area contributed by atoms with Gasteiger partial charge in [-0.05, 0) is 38.5 Å². The van der Waals surface area contributed by atoms with E-state index in [1.54, 1.807) is 29.2 Å². The van der Waals surface area contributed by atoms with Gasteiger partial charge in [-0.15, -0.1) is 12.4 Å². The van der Waals surface area contributed by atoms with Crippen molar-refractivity contribution in [3.8, 4) is 5.75 Å². The fraction of sp³-hybridized carbons (Fsp3) is 0.333. The minimum atomic E-state index is -0.764. The van der Waals surface area contributed by atoms with Crippen LogP contribution in [-0.2, 0) is 9.59 Å². The highest BCUT2D eigenvalue weighted by Gasteiger charge is 2.16. The number of hydrogen-bond donors (Lipinski definition) is 2. The molecule has 2 aromatic rings. The van der Waals surface area contributed by atoms with Gasteiger partial charge in [-0.25, -0.2) is 0 Å². The summed E-state index contributed by atoms with van der Waals surface area (Å²) in [6, 6.07) is 13.7. The lowest BCUT2D eigenvalue weighted by molar-refractivity contribution is -0.133. The van der Waals surface area contributed by atoms with Crippen LogP contribution in [0.25, 0.3) is 0 Å². The van der Waals surface area contributed by atoms with Crippen LogP contribution < -0.4 is 15.8 Å². The van der Waals surface area contributed by atoms with E-state index in [2.05, 4.69) is 5.32 Å². The Hall–Kier alpha value is -2.57. The number of anilines is 1.